The van der Waals surface area contributed by atoms with Crippen LogP contribution in [-0.2, 0) is 6.18 Å². The number of alkyl halides is 3. The number of fused-ring (bicyclic) bond motifs is 1. The van der Waals surface area contributed by atoms with Gasteiger partial charge in [0.1, 0.15) is 11.4 Å². The molecule has 2 heterocycles. The van der Waals surface area contributed by atoms with Crippen molar-refractivity contribution in [3.63, 3.8) is 0 Å². The molecule has 1 amide bonds. The van der Waals surface area contributed by atoms with E-state index in [0.717, 1.165) is 6.20 Å². The van der Waals surface area contributed by atoms with Crippen LogP contribution in [0.3, 0.4) is 0 Å². The smallest absolute Gasteiger partial charge is 0.364 e. The second-order valence-electron chi connectivity index (χ2n) is 3.60. The SMILES string of the molecule is Cc1c(C(F)(F)F)ncc2[nH]c(C(N)=O)cc12. The summed E-state index contributed by atoms with van der Waals surface area (Å²) in [6, 6.07) is 1.30. The Kier molecular flexibility index (Phi) is 2.34. The van der Waals surface area contributed by atoms with Gasteiger partial charge in [0.05, 0.1) is 11.7 Å². The third-order valence-electron chi connectivity index (χ3n) is 2.46. The third-order valence-corrected chi connectivity index (χ3v) is 2.46. The van der Waals surface area contributed by atoms with E-state index in [4.69, 9.17) is 5.73 Å². The number of rotatable bonds is 1. The molecule has 7 heteroatoms. The minimum atomic E-state index is -4.51. The zero-order chi connectivity index (χ0) is 12.8. The number of pyridine rings is 1. The first kappa shape index (κ1) is 11.4. The molecule has 0 fully saturated rings. The van der Waals surface area contributed by atoms with Crippen molar-refractivity contribution in [3.8, 4) is 0 Å². The topological polar surface area (TPSA) is 71.8 Å². The quantitative estimate of drug-likeness (QED) is 0.803. The van der Waals surface area contributed by atoms with Gasteiger partial charge < -0.3 is 10.7 Å². The molecule has 0 aliphatic carbocycles. The lowest BCUT2D eigenvalue weighted by Crippen LogP contribution is -2.10. The van der Waals surface area contributed by atoms with Crippen molar-refractivity contribution < 1.29 is 18.0 Å². The molecular formula is C10H8F3N3O. The number of carbonyl (C=O) groups is 1. The predicted octanol–water partition coefficient (Wildman–Crippen LogP) is 1.99. The van der Waals surface area contributed by atoms with Gasteiger partial charge in [0.15, 0.2) is 0 Å². The van der Waals surface area contributed by atoms with Gasteiger partial charge in [-0.15, -0.1) is 0 Å². The van der Waals surface area contributed by atoms with Gasteiger partial charge in [-0.05, 0) is 18.6 Å². The molecule has 0 bridgehead atoms. The van der Waals surface area contributed by atoms with Gasteiger partial charge in [-0.25, -0.2) is 4.98 Å². The van der Waals surface area contributed by atoms with Gasteiger partial charge >= 0.3 is 6.18 Å². The Morgan fingerprint density at radius 1 is 1.47 bits per heavy atom. The van der Waals surface area contributed by atoms with Crippen molar-refractivity contribution in [3.05, 3.63) is 29.2 Å². The summed E-state index contributed by atoms with van der Waals surface area (Å²) >= 11 is 0. The Bertz CT molecular complexity index is 601. The Morgan fingerprint density at radius 2 is 2.12 bits per heavy atom. The number of aromatic amines is 1. The number of nitrogens with zero attached hydrogens (tertiary/aromatic N) is 1. The zero-order valence-corrected chi connectivity index (χ0v) is 8.72. The first-order chi connectivity index (χ1) is 7.80. The number of halogens is 3. The maximum atomic E-state index is 12.6. The normalized spacial score (nSPS) is 12.0. The van der Waals surface area contributed by atoms with Gasteiger partial charge in [-0.1, -0.05) is 0 Å². The molecule has 0 aromatic carbocycles. The van der Waals surface area contributed by atoms with Crippen LogP contribution in [-0.4, -0.2) is 15.9 Å². The zero-order valence-electron chi connectivity index (χ0n) is 8.72. The molecule has 2 rings (SSSR count). The van der Waals surface area contributed by atoms with Crippen LogP contribution < -0.4 is 5.73 Å². The number of aromatic nitrogens is 2. The molecule has 0 radical (unpaired) electrons. The van der Waals surface area contributed by atoms with Gasteiger partial charge in [-0.3, -0.25) is 4.79 Å². The highest BCUT2D eigenvalue weighted by Crippen LogP contribution is 2.33. The molecule has 0 saturated carbocycles. The maximum absolute atomic E-state index is 12.6. The van der Waals surface area contributed by atoms with E-state index in [1.165, 1.54) is 13.0 Å². The summed E-state index contributed by atoms with van der Waals surface area (Å²) in [5.74, 6) is -0.728. The molecule has 0 spiro atoms. The van der Waals surface area contributed by atoms with Crippen LogP contribution >= 0.6 is 0 Å². The summed E-state index contributed by atoms with van der Waals surface area (Å²) < 4.78 is 37.7. The van der Waals surface area contributed by atoms with Crippen molar-refractivity contribution in [2.45, 2.75) is 13.1 Å². The number of aryl methyl sites for hydroxylation is 1. The first-order valence-corrected chi connectivity index (χ1v) is 4.66. The molecule has 17 heavy (non-hydrogen) atoms. The summed E-state index contributed by atoms with van der Waals surface area (Å²) in [6.45, 7) is 1.30. The van der Waals surface area contributed by atoms with E-state index in [1.807, 2.05) is 0 Å². The Balaban J connectivity index is 2.71. The summed E-state index contributed by atoms with van der Waals surface area (Å²) in [7, 11) is 0. The number of hydrogen-bond donors (Lipinski definition) is 2. The van der Waals surface area contributed by atoms with Gasteiger partial charge in [0, 0.05) is 5.39 Å². The fourth-order valence-electron chi connectivity index (χ4n) is 1.65. The van der Waals surface area contributed by atoms with Crippen molar-refractivity contribution >= 4 is 16.8 Å². The summed E-state index contributed by atoms with van der Waals surface area (Å²) in [5, 5.41) is 0.293. The lowest BCUT2D eigenvalue weighted by Gasteiger charge is -2.08. The fraction of sp³-hybridized carbons (Fsp3) is 0.200. The van der Waals surface area contributed by atoms with Crippen LogP contribution in [0.5, 0.6) is 0 Å². The van der Waals surface area contributed by atoms with E-state index in [1.54, 1.807) is 0 Å². The van der Waals surface area contributed by atoms with E-state index in [-0.39, 0.29) is 11.3 Å². The summed E-state index contributed by atoms with van der Waals surface area (Å²) in [5.41, 5.74) is 4.46. The lowest BCUT2D eigenvalue weighted by atomic mass is 10.1. The number of nitrogens with one attached hydrogen (secondary N) is 1. The van der Waals surface area contributed by atoms with Crippen LogP contribution in [0.25, 0.3) is 10.9 Å². The van der Waals surface area contributed by atoms with Crippen LogP contribution in [0.15, 0.2) is 12.3 Å². The predicted molar refractivity (Wildman–Crippen MR) is 54.4 cm³/mol. The first-order valence-electron chi connectivity index (χ1n) is 4.66. The monoisotopic (exact) mass is 243 g/mol. The van der Waals surface area contributed by atoms with Gasteiger partial charge in [0.2, 0.25) is 0 Å². The number of H-pyrrole nitrogens is 1. The molecule has 0 atom stereocenters. The van der Waals surface area contributed by atoms with Crippen LogP contribution in [0, 0.1) is 6.92 Å². The van der Waals surface area contributed by atoms with Gasteiger partial charge in [-0.2, -0.15) is 13.2 Å². The molecule has 2 aromatic heterocycles. The average Bonchev–Trinajstić information content (AvgIpc) is 2.60. The van der Waals surface area contributed by atoms with Crippen LogP contribution in [0.4, 0.5) is 13.2 Å². The minimum Gasteiger partial charge on any atom is -0.364 e. The number of amides is 1. The number of primary amides is 1. The Morgan fingerprint density at radius 3 is 2.65 bits per heavy atom. The van der Waals surface area contributed by atoms with Gasteiger partial charge in [0.25, 0.3) is 5.91 Å². The largest absolute Gasteiger partial charge is 0.433 e. The molecule has 0 unspecified atom stereocenters. The highest BCUT2D eigenvalue weighted by atomic mass is 19.4. The van der Waals surface area contributed by atoms with E-state index in [2.05, 4.69) is 9.97 Å². The molecule has 4 nitrogen and oxygen atoms in total. The molecule has 0 aliphatic rings. The van der Waals surface area contributed by atoms with E-state index in [9.17, 15) is 18.0 Å². The molecular weight excluding hydrogens is 235 g/mol. The van der Waals surface area contributed by atoms with Crippen LogP contribution in [0.1, 0.15) is 21.7 Å². The highest BCUT2D eigenvalue weighted by molar-refractivity contribution is 5.97. The summed E-state index contributed by atoms with van der Waals surface area (Å²) in [6.07, 6.45) is -3.47. The molecule has 90 valence electrons. The van der Waals surface area contributed by atoms with E-state index in [0.29, 0.717) is 10.9 Å². The van der Waals surface area contributed by atoms with Crippen molar-refractivity contribution in [1.29, 1.82) is 0 Å². The average molecular weight is 243 g/mol. The second-order valence-corrected chi connectivity index (χ2v) is 3.60. The lowest BCUT2D eigenvalue weighted by molar-refractivity contribution is -0.141. The van der Waals surface area contributed by atoms with E-state index < -0.39 is 17.8 Å². The minimum absolute atomic E-state index is 0.0289. The third kappa shape index (κ3) is 1.83. The molecule has 0 aliphatic heterocycles. The molecule has 0 saturated heterocycles. The number of carbonyl (C=O) groups excluding carboxylic acids is 1. The summed E-state index contributed by atoms with van der Waals surface area (Å²) in [4.78, 5) is 16.9. The van der Waals surface area contributed by atoms with Crippen molar-refractivity contribution in [2.24, 2.45) is 5.73 Å². The highest BCUT2D eigenvalue weighted by Gasteiger charge is 2.35. The van der Waals surface area contributed by atoms with Crippen LogP contribution in [0.2, 0.25) is 0 Å². The molecule has 2 aromatic rings. The Hall–Kier alpha value is -2.05. The fourth-order valence-corrected chi connectivity index (χ4v) is 1.65. The van der Waals surface area contributed by atoms with Crippen molar-refractivity contribution in [1.82, 2.24) is 9.97 Å². The number of hydrogen-bond acceptors (Lipinski definition) is 2. The standard InChI is InChI=1S/C10H8F3N3O/c1-4-5-2-6(9(14)17)16-7(5)3-15-8(4)10(11,12)13/h2-3,16H,1H3,(H2,14,17). The Labute approximate surface area is 93.6 Å². The second kappa shape index (κ2) is 3.47. The molecule has 3 N–H and O–H groups in total. The number of nitrogens with two attached hydrogens (primary N) is 1. The maximum Gasteiger partial charge on any atom is 0.433 e. The van der Waals surface area contributed by atoms with Crippen molar-refractivity contribution in [2.75, 3.05) is 0 Å². The van der Waals surface area contributed by atoms with E-state index >= 15 is 0 Å².